The van der Waals surface area contributed by atoms with Crippen molar-refractivity contribution >= 4 is 28.6 Å². The average Bonchev–Trinajstić information content (AvgIpc) is 2.67. The fraction of sp³-hybridized carbons (Fsp3) is 0.143. The zero-order valence-electron chi connectivity index (χ0n) is 14.7. The first kappa shape index (κ1) is 17.5. The summed E-state index contributed by atoms with van der Waals surface area (Å²) < 4.78 is 10.8. The molecule has 26 heavy (non-hydrogen) atoms. The summed E-state index contributed by atoms with van der Waals surface area (Å²) in [5.74, 6) is 1.09. The number of nitrogens with zero attached hydrogens (tertiary/aromatic N) is 1. The summed E-state index contributed by atoms with van der Waals surface area (Å²) in [4.78, 5) is 16.6. The van der Waals surface area contributed by atoms with Crippen molar-refractivity contribution in [2.75, 3.05) is 19.0 Å². The van der Waals surface area contributed by atoms with Crippen LogP contribution < -0.4 is 14.8 Å². The quantitative estimate of drug-likeness (QED) is 0.675. The lowest BCUT2D eigenvalue weighted by Gasteiger charge is -2.09. The van der Waals surface area contributed by atoms with E-state index in [-0.39, 0.29) is 5.91 Å². The van der Waals surface area contributed by atoms with Gasteiger partial charge in [0, 0.05) is 17.7 Å². The highest BCUT2D eigenvalue weighted by atomic mass is 16.5. The second-order valence-electron chi connectivity index (χ2n) is 5.55. The first-order valence-electron chi connectivity index (χ1n) is 8.35. The SMILES string of the molecule is CCOc1cc(/C=C/C(=O)Nc2cccc3cccnc23)ccc1OC. The van der Waals surface area contributed by atoms with Crippen LogP contribution in [0.5, 0.6) is 11.5 Å². The Morgan fingerprint density at radius 2 is 2.00 bits per heavy atom. The molecule has 0 unspecified atom stereocenters. The van der Waals surface area contributed by atoms with Crippen molar-refractivity contribution in [1.82, 2.24) is 4.98 Å². The van der Waals surface area contributed by atoms with Crippen LogP contribution in [-0.4, -0.2) is 24.6 Å². The number of amides is 1. The van der Waals surface area contributed by atoms with E-state index in [1.807, 2.05) is 55.5 Å². The summed E-state index contributed by atoms with van der Waals surface area (Å²) in [6.45, 7) is 2.45. The summed E-state index contributed by atoms with van der Waals surface area (Å²) in [5.41, 5.74) is 2.29. The van der Waals surface area contributed by atoms with Crippen LogP contribution in [0.15, 0.2) is 60.8 Å². The molecule has 3 rings (SSSR count). The first-order chi connectivity index (χ1) is 12.7. The number of rotatable bonds is 6. The summed E-state index contributed by atoms with van der Waals surface area (Å²) in [6, 6.07) is 15.0. The number of hydrogen-bond donors (Lipinski definition) is 1. The average molecular weight is 348 g/mol. The van der Waals surface area contributed by atoms with Crippen molar-refractivity contribution < 1.29 is 14.3 Å². The van der Waals surface area contributed by atoms with E-state index in [0.717, 1.165) is 16.5 Å². The fourth-order valence-electron chi connectivity index (χ4n) is 2.62. The Morgan fingerprint density at radius 3 is 2.81 bits per heavy atom. The molecule has 1 aromatic heterocycles. The van der Waals surface area contributed by atoms with Crippen LogP contribution in [-0.2, 0) is 4.79 Å². The van der Waals surface area contributed by atoms with Gasteiger partial charge in [-0.1, -0.05) is 24.3 Å². The number of fused-ring (bicyclic) bond motifs is 1. The van der Waals surface area contributed by atoms with Crippen LogP contribution in [0.3, 0.4) is 0 Å². The van der Waals surface area contributed by atoms with Gasteiger partial charge in [0.05, 0.1) is 24.9 Å². The molecule has 0 atom stereocenters. The van der Waals surface area contributed by atoms with Crippen LogP contribution in [0, 0.1) is 0 Å². The Kier molecular flexibility index (Phi) is 5.49. The Balaban J connectivity index is 1.76. The third-order valence-electron chi connectivity index (χ3n) is 3.81. The van der Waals surface area contributed by atoms with Gasteiger partial charge in [-0.3, -0.25) is 9.78 Å². The number of pyridine rings is 1. The lowest BCUT2D eigenvalue weighted by molar-refractivity contribution is -0.111. The Labute approximate surface area is 152 Å². The molecule has 0 bridgehead atoms. The molecule has 0 spiro atoms. The molecule has 0 aliphatic carbocycles. The Morgan fingerprint density at radius 1 is 1.15 bits per heavy atom. The second kappa shape index (κ2) is 8.16. The molecule has 3 aromatic rings. The molecular formula is C21H20N2O3. The van der Waals surface area contributed by atoms with Gasteiger partial charge >= 0.3 is 0 Å². The van der Waals surface area contributed by atoms with Gasteiger partial charge in [-0.2, -0.15) is 0 Å². The fourth-order valence-corrected chi connectivity index (χ4v) is 2.62. The number of methoxy groups -OCH3 is 1. The molecule has 1 amide bonds. The van der Waals surface area contributed by atoms with E-state index in [9.17, 15) is 4.79 Å². The standard InChI is InChI=1S/C21H20N2O3/c1-3-26-19-14-15(9-11-18(19)25-2)10-12-20(24)23-17-8-4-6-16-7-5-13-22-21(16)17/h4-14H,3H2,1-2H3,(H,23,24)/b12-10+. The zero-order valence-corrected chi connectivity index (χ0v) is 14.7. The predicted molar refractivity (Wildman–Crippen MR) is 104 cm³/mol. The number of ether oxygens (including phenoxy) is 2. The van der Waals surface area contributed by atoms with Crippen molar-refractivity contribution in [1.29, 1.82) is 0 Å². The molecule has 5 heteroatoms. The topological polar surface area (TPSA) is 60.5 Å². The minimum Gasteiger partial charge on any atom is -0.493 e. The van der Waals surface area contributed by atoms with Gasteiger partial charge in [0.1, 0.15) is 0 Å². The molecule has 0 saturated carbocycles. The number of anilines is 1. The monoisotopic (exact) mass is 348 g/mol. The van der Waals surface area contributed by atoms with E-state index in [2.05, 4.69) is 10.3 Å². The van der Waals surface area contributed by atoms with Crippen molar-refractivity contribution in [2.45, 2.75) is 6.92 Å². The number of hydrogen-bond acceptors (Lipinski definition) is 4. The van der Waals surface area contributed by atoms with Gasteiger partial charge in [0.15, 0.2) is 11.5 Å². The maximum absolute atomic E-state index is 12.3. The van der Waals surface area contributed by atoms with E-state index < -0.39 is 0 Å². The number of aromatic nitrogens is 1. The predicted octanol–water partition coefficient (Wildman–Crippen LogP) is 4.29. The van der Waals surface area contributed by atoms with Gasteiger partial charge in [0.25, 0.3) is 0 Å². The van der Waals surface area contributed by atoms with E-state index in [1.54, 1.807) is 19.4 Å². The van der Waals surface area contributed by atoms with Crippen molar-refractivity contribution in [3.8, 4) is 11.5 Å². The van der Waals surface area contributed by atoms with Crippen LogP contribution in [0.25, 0.3) is 17.0 Å². The summed E-state index contributed by atoms with van der Waals surface area (Å²) in [5, 5.41) is 3.85. The van der Waals surface area contributed by atoms with Gasteiger partial charge in [-0.15, -0.1) is 0 Å². The molecule has 1 N–H and O–H groups in total. The Bertz CT molecular complexity index is 946. The highest BCUT2D eigenvalue weighted by molar-refractivity contribution is 6.06. The molecule has 2 aromatic carbocycles. The second-order valence-corrected chi connectivity index (χ2v) is 5.55. The normalized spacial score (nSPS) is 10.8. The number of nitrogens with one attached hydrogen (secondary N) is 1. The lowest BCUT2D eigenvalue weighted by atomic mass is 10.1. The van der Waals surface area contributed by atoms with E-state index >= 15 is 0 Å². The minimum atomic E-state index is -0.225. The lowest BCUT2D eigenvalue weighted by Crippen LogP contribution is -2.08. The summed E-state index contributed by atoms with van der Waals surface area (Å²) in [6.07, 6.45) is 4.93. The van der Waals surface area contributed by atoms with Crippen LogP contribution in [0.4, 0.5) is 5.69 Å². The van der Waals surface area contributed by atoms with E-state index in [1.165, 1.54) is 6.08 Å². The van der Waals surface area contributed by atoms with Crippen molar-refractivity contribution in [3.05, 3.63) is 66.4 Å². The van der Waals surface area contributed by atoms with Gasteiger partial charge in [-0.05, 0) is 42.8 Å². The molecule has 0 saturated heterocycles. The molecule has 5 nitrogen and oxygen atoms in total. The van der Waals surface area contributed by atoms with Gasteiger partial charge < -0.3 is 14.8 Å². The summed E-state index contributed by atoms with van der Waals surface area (Å²) in [7, 11) is 1.60. The number of para-hydroxylation sites is 1. The van der Waals surface area contributed by atoms with Gasteiger partial charge in [0.2, 0.25) is 5.91 Å². The maximum atomic E-state index is 12.3. The first-order valence-corrected chi connectivity index (χ1v) is 8.35. The zero-order chi connectivity index (χ0) is 18.4. The third-order valence-corrected chi connectivity index (χ3v) is 3.81. The molecule has 132 valence electrons. The van der Waals surface area contributed by atoms with E-state index in [4.69, 9.17) is 9.47 Å². The number of carbonyl (C=O) groups is 1. The van der Waals surface area contributed by atoms with Crippen LogP contribution in [0.2, 0.25) is 0 Å². The largest absolute Gasteiger partial charge is 0.493 e. The Hall–Kier alpha value is -3.34. The molecule has 0 radical (unpaired) electrons. The van der Waals surface area contributed by atoms with Crippen molar-refractivity contribution in [2.24, 2.45) is 0 Å². The minimum absolute atomic E-state index is 0.225. The smallest absolute Gasteiger partial charge is 0.248 e. The molecule has 1 heterocycles. The number of carbonyl (C=O) groups excluding carboxylic acids is 1. The highest BCUT2D eigenvalue weighted by Crippen LogP contribution is 2.28. The van der Waals surface area contributed by atoms with Crippen LogP contribution in [0.1, 0.15) is 12.5 Å². The van der Waals surface area contributed by atoms with Gasteiger partial charge in [-0.25, -0.2) is 0 Å². The molecule has 0 fully saturated rings. The molecule has 0 aliphatic heterocycles. The maximum Gasteiger partial charge on any atom is 0.248 e. The third kappa shape index (κ3) is 4.00. The summed E-state index contributed by atoms with van der Waals surface area (Å²) >= 11 is 0. The molecular weight excluding hydrogens is 328 g/mol. The van der Waals surface area contributed by atoms with Crippen molar-refractivity contribution in [3.63, 3.8) is 0 Å². The van der Waals surface area contributed by atoms with Crippen LogP contribution >= 0.6 is 0 Å². The molecule has 0 aliphatic rings. The van der Waals surface area contributed by atoms with E-state index in [0.29, 0.717) is 23.8 Å². The number of benzene rings is 2. The highest BCUT2D eigenvalue weighted by Gasteiger charge is 2.06.